The van der Waals surface area contributed by atoms with Gasteiger partial charge in [0.25, 0.3) is 0 Å². The van der Waals surface area contributed by atoms with Gasteiger partial charge in [-0.1, -0.05) is 18.6 Å². The summed E-state index contributed by atoms with van der Waals surface area (Å²) >= 11 is 2.27. The van der Waals surface area contributed by atoms with Gasteiger partial charge in [0.2, 0.25) is 0 Å². The summed E-state index contributed by atoms with van der Waals surface area (Å²) in [4.78, 5) is 0. The molecule has 2 rings (SSSR count). The van der Waals surface area contributed by atoms with Crippen LogP contribution in [0.5, 0.6) is 0 Å². The first kappa shape index (κ1) is 11.4. The molecule has 0 saturated heterocycles. The number of benzene rings is 1. The normalized spacial score (nSPS) is 20.7. The molecule has 1 saturated carbocycles. The summed E-state index contributed by atoms with van der Waals surface area (Å²) in [5.41, 5.74) is 7.11. The summed E-state index contributed by atoms with van der Waals surface area (Å²) in [7, 11) is 0. The Kier molecular flexibility index (Phi) is 3.64. The van der Waals surface area contributed by atoms with E-state index in [0.29, 0.717) is 5.92 Å². The number of rotatable bonds is 3. The third kappa shape index (κ3) is 2.52. The molecule has 2 nitrogen and oxygen atoms in total. The third-order valence-electron chi connectivity index (χ3n) is 3.23. The molecule has 1 aromatic rings. The summed E-state index contributed by atoms with van der Waals surface area (Å²) in [5.74, 6) is 0.415. The van der Waals surface area contributed by atoms with Crippen LogP contribution in [-0.2, 0) is 0 Å². The summed E-state index contributed by atoms with van der Waals surface area (Å²) < 4.78 is 1.17. The smallest absolute Gasteiger partial charge is 0.0760 e. The highest BCUT2D eigenvalue weighted by molar-refractivity contribution is 14.1. The highest BCUT2D eigenvalue weighted by atomic mass is 127. The molecule has 0 unspecified atom stereocenters. The highest BCUT2D eigenvalue weighted by Crippen LogP contribution is 2.34. The van der Waals surface area contributed by atoms with Gasteiger partial charge in [0.15, 0.2) is 0 Å². The van der Waals surface area contributed by atoms with Crippen molar-refractivity contribution in [2.75, 3.05) is 0 Å². The fraction of sp³-hybridized carbons (Fsp3) is 0.500. The van der Waals surface area contributed by atoms with Crippen LogP contribution >= 0.6 is 22.6 Å². The fourth-order valence-electron chi connectivity index (χ4n) is 1.99. The predicted octanol–water partition coefficient (Wildman–Crippen LogP) is 2.45. The van der Waals surface area contributed by atoms with E-state index >= 15 is 0 Å². The Morgan fingerprint density at radius 1 is 1.40 bits per heavy atom. The predicted molar refractivity (Wildman–Crippen MR) is 69.4 cm³/mol. The second kappa shape index (κ2) is 4.80. The average molecular weight is 317 g/mol. The number of aliphatic hydroxyl groups is 1. The minimum absolute atomic E-state index is 0.231. The van der Waals surface area contributed by atoms with Crippen molar-refractivity contribution in [2.45, 2.75) is 31.4 Å². The van der Waals surface area contributed by atoms with E-state index < -0.39 is 0 Å². The van der Waals surface area contributed by atoms with Crippen LogP contribution in [0.3, 0.4) is 0 Å². The van der Waals surface area contributed by atoms with Crippen molar-refractivity contribution in [3.8, 4) is 0 Å². The number of hydrogen-bond donors (Lipinski definition) is 2. The molecule has 0 heterocycles. The van der Waals surface area contributed by atoms with Crippen molar-refractivity contribution < 1.29 is 5.11 Å². The Labute approximate surface area is 104 Å². The van der Waals surface area contributed by atoms with Gasteiger partial charge < -0.3 is 10.8 Å². The molecule has 3 N–H and O–H groups in total. The molecule has 1 aliphatic rings. The molecule has 0 radical (unpaired) electrons. The second-order valence-corrected chi connectivity index (χ2v) is 5.51. The summed E-state index contributed by atoms with van der Waals surface area (Å²) in [6.45, 7) is 0. The maximum atomic E-state index is 10.1. The zero-order valence-corrected chi connectivity index (χ0v) is 10.7. The molecule has 15 heavy (non-hydrogen) atoms. The zero-order chi connectivity index (χ0) is 10.8. The molecule has 1 aliphatic carbocycles. The molecule has 0 aromatic heterocycles. The first-order valence-electron chi connectivity index (χ1n) is 5.37. The minimum atomic E-state index is -0.378. The van der Waals surface area contributed by atoms with Gasteiger partial charge in [-0.2, -0.15) is 0 Å². The first-order chi connectivity index (χ1) is 7.18. The van der Waals surface area contributed by atoms with E-state index in [9.17, 15) is 5.11 Å². The van der Waals surface area contributed by atoms with E-state index in [2.05, 4.69) is 22.6 Å². The largest absolute Gasteiger partial charge is 0.391 e. The molecular weight excluding hydrogens is 301 g/mol. The number of halogens is 1. The van der Waals surface area contributed by atoms with E-state index in [4.69, 9.17) is 5.73 Å². The van der Waals surface area contributed by atoms with Crippen LogP contribution in [0.1, 0.15) is 30.9 Å². The van der Waals surface area contributed by atoms with Crippen LogP contribution in [0.4, 0.5) is 0 Å². The maximum absolute atomic E-state index is 10.1. The standard InChI is InChI=1S/C12H16INO/c13-10-6-2-5-9(7-10)11(14)12(15)8-3-1-4-8/h2,5-8,11-12,15H,1,3-4,14H2/t11-,12+/m1/s1. The van der Waals surface area contributed by atoms with Gasteiger partial charge in [0.05, 0.1) is 12.1 Å². The Morgan fingerprint density at radius 3 is 2.67 bits per heavy atom. The van der Waals surface area contributed by atoms with E-state index in [-0.39, 0.29) is 12.1 Å². The average Bonchev–Trinajstić information content (AvgIpc) is 2.14. The third-order valence-corrected chi connectivity index (χ3v) is 3.91. The van der Waals surface area contributed by atoms with Gasteiger partial charge in [0, 0.05) is 3.57 Å². The summed E-state index contributed by atoms with van der Waals surface area (Å²) in [6.07, 6.45) is 3.11. The van der Waals surface area contributed by atoms with Crippen LogP contribution in [0.25, 0.3) is 0 Å². The van der Waals surface area contributed by atoms with Gasteiger partial charge in [-0.3, -0.25) is 0 Å². The number of nitrogens with two attached hydrogens (primary N) is 1. The zero-order valence-electron chi connectivity index (χ0n) is 8.57. The Balaban J connectivity index is 2.08. The molecule has 1 aromatic carbocycles. The van der Waals surface area contributed by atoms with Crippen LogP contribution in [-0.4, -0.2) is 11.2 Å². The topological polar surface area (TPSA) is 46.2 Å². The lowest BCUT2D eigenvalue weighted by Gasteiger charge is -2.33. The van der Waals surface area contributed by atoms with Crippen molar-refractivity contribution in [3.63, 3.8) is 0 Å². The lowest BCUT2D eigenvalue weighted by molar-refractivity contribution is 0.0413. The number of aliphatic hydroxyl groups excluding tert-OH is 1. The second-order valence-electron chi connectivity index (χ2n) is 4.26. The van der Waals surface area contributed by atoms with Crippen LogP contribution in [0.2, 0.25) is 0 Å². The molecule has 82 valence electrons. The van der Waals surface area contributed by atoms with Gasteiger partial charge >= 0.3 is 0 Å². The SMILES string of the molecule is N[C@H](c1cccc(I)c1)[C@@H](O)C1CCC1. The molecule has 0 amide bonds. The lowest BCUT2D eigenvalue weighted by Crippen LogP contribution is -2.36. The van der Waals surface area contributed by atoms with Crippen molar-refractivity contribution in [3.05, 3.63) is 33.4 Å². The summed E-state index contributed by atoms with van der Waals surface area (Å²) in [5, 5.41) is 10.1. The quantitative estimate of drug-likeness (QED) is 0.841. The first-order valence-corrected chi connectivity index (χ1v) is 6.45. The van der Waals surface area contributed by atoms with E-state index in [1.54, 1.807) is 0 Å². The Bertz CT molecular complexity index is 338. The lowest BCUT2D eigenvalue weighted by atomic mass is 9.77. The monoisotopic (exact) mass is 317 g/mol. The van der Waals surface area contributed by atoms with Crippen LogP contribution in [0.15, 0.2) is 24.3 Å². The van der Waals surface area contributed by atoms with E-state index in [0.717, 1.165) is 18.4 Å². The Morgan fingerprint density at radius 2 is 2.13 bits per heavy atom. The highest BCUT2D eigenvalue weighted by Gasteiger charge is 2.30. The maximum Gasteiger partial charge on any atom is 0.0760 e. The van der Waals surface area contributed by atoms with Crippen molar-refractivity contribution in [2.24, 2.45) is 11.7 Å². The van der Waals surface area contributed by atoms with E-state index in [1.807, 2.05) is 24.3 Å². The van der Waals surface area contributed by atoms with Crippen LogP contribution in [0, 0.1) is 9.49 Å². The molecule has 0 bridgehead atoms. The molecular formula is C12H16INO. The molecule has 1 fully saturated rings. The molecule has 0 spiro atoms. The summed E-state index contributed by atoms with van der Waals surface area (Å²) in [6, 6.07) is 7.84. The van der Waals surface area contributed by atoms with Crippen LogP contribution < -0.4 is 5.73 Å². The number of hydrogen-bond acceptors (Lipinski definition) is 2. The molecule has 3 heteroatoms. The Hall–Kier alpha value is -0.130. The van der Waals surface area contributed by atoms with Gasteiger partial charge in [-0.15, -0.1) is 0 Å². The van der Waals surface area contributed by atoms with Gasteiger partial charge in [-0.05, 0) is 59.0 Å². The molecule has 2 atom stereocenters. The van der Waals surface area contributed by atoms with Crippen molar-refractivity contribution in [1.29, 1.82) is 0 Å². The van der Waals surface area contributed by atoms with Crippen molar-refractivity contribution >= 4 is 22.6 Å². The fourth-order valence-corrected chi connectivity index (χ4v) is 2.55. The van der Waals surface area contributed by atoms with Gasteiger partial charge in [0.1, 0.15) is 0 Å². The van der Waals surface area contributed by atoms with E-state index in [1.165, 1.54) is 9.99 Å². The molecule has 0 aliphatic heterocycles. The van der Waals surface area contributed by atoms with Crippen molar-refractivity contribution in [1.82, 2.24) is 0 Å². The van der Waals surface area contributed by atoms with Gasteiger partial charge in [-0.25, -0.2) is 0 Å². The minimum Gasteiger partial charge on any atom is -0.391 e.